The fourth-order valence-corrected chi connectivity index (χ4v) is 8.08. The van der Waals surface area contributed by atoms with Crippen LogP contribution in [0.1, 0.15) is 59.4 Å². The van der Waals surface area contributed by atoms with E-state index in [-0.39, 0.29) is 88.0 Å². The van der Waals surface area contributed by atoms with Crippen molar-refractivity contribution in [2.24, 2.45) is 10.4 Å². The number of fused-ring (bicyclic) bond motifs is 1. The second-order valence-electron chi connectivity index (χ2n) is 13.8. The summed E-state index contributed by atoms with van der Waals surface area (Å²) in [5, 5.41) is 13.1. The largest absolute Gasteiger partial charge is 0.480 e. The molecule has 1 aliphatic carbocycles. The number of aliphatic carboxylic acids is 1. The van der Waals surface area contributed by atoms with Gasteiger partial charge in [-0.1, -0.05) is 13.8 Å². The van der Waals surface area contributed by atoms with E-state index in [2.05, 4.69) is 15.3 Å². The Kier molecular flexibility index (Phi) is 15.3. The minimum absolute atomic E-state index is 0.0338. The standard InChI is InChI=1S/C38H49N5O10S2/c1-8-39-29(44)11-15-51-17-18-52-16-14-43(13-12-42(7)30(45)20-38(5,6)31-24(4)32(46)22(2)23(3)33(31)47)37(50)53-25-9-10-26-28(19-25)55-35(40-26)34-41-27(21-54-34)36(48)49/h9-10,19,27H,8,11-18,20-21H2,1-7H3,(H,39,44)(H,48,49). The topological polar surface area (TPSA) is 194 Å². The number of aliphatic imine (C=N–C) groups is 1. The van der Waals surface area contributed by atoms with Gasteiger partial charge >= 0.3 is 12.1 Å². The van der Waals surface area contributed by atoms with Gasteiger partial charge in [0.1, 0.15) is 15.8 Å². The minimum Gasteiger partial charge on any atom is -0.480 e. The van der Waals surface area contributed by atoms with E-state index in [1.165, 1.54) is 32.9 Å². The van der Waals surface area contributed by atoms with Gasteiger partial charge in [0.15, 0.2) is 17.6 Å². The number of carbonyl (C=O) groups is 6. The van der Waals surface area contributed by atoms with Gasteiger partial charge in [-0.05, 0) is 39.8 Å². The Hall–Kier alpha value is -4.45. The molecule has 0 saturated heterocycles. The molecule has 2 aromatic rings. The number of hydrogen-bond donors (Lipinski definition) is 2. The maximum Gasteiger partial charge on any atom is 0.415 e. The number of thiazole rings is 1. The molecule has 15 nitrogen and oxygen atoms in total. The van der Waals surface area contributed by atoms with Crippen LogP contribution in [0.15, 0.2) is 45.5 Å². The van der Waals surface area contributed by atoms with Gasteiger partial charge in [-0.3, -0.25) is 24.2 Å². The van der Waals surface area contributed by atoms with E-state index in [1.54, 1.807) is 59.9 Å². The molecule has 4 rings (SSSR count). The molecule has 298 valence electrons. The fourth-order valence-electron chi connectivity index (χ4n) is 5.99. The normalized spacial score (nSPS) is 16.1. The van der Waals surface area contributed by atoms with E-state index in [0.29, 0.717) is 50.2 Å². The van der Waals surface area contributed by atoms with Crippen molar-refractivity contribution in [2.75, 3.05) is 65.4 Å². The number of ketones is 2. The van der Waals surface area contributed by atoms with E-state index in [4.69, 9.17) is 14.2 Å². The zero-order chi connectivity index (χ0) is 40.4. The van der Waals surface area contributed by atoms with E-state index in [0.717, 1.165) is 4.70 Å². The molecule has 1 aromatic carbocycles. The molecule has 0 fully saturated rings. The summed E-state index contributed by atoms with van der Waals surface area (Å²) in [6.07, 6.45) is -0.461. The molecule has 1 unspecified atom stereocenters. The number of carboxylic acid groups (broad SMARTS) is 1. The zero-order valence-electron chi connectivity index (χ0n) is 32.3. The van der Waals surface area contributed by atoms with Crippen LogP contribution in [-0.2, 0) is 33.4 Å². The number of likely N-dealkylation sites (N-methyl/N-ethyl adjacent to an activating group) is 1. The van der Waals surface area contributed by atoms with Crippen molar-refractivity contribution in [1.29, 1.82) is 0 Å². The first-order valence-corrected chi connectivity index (χ1v) is 19.8. The van der Waals surface area contributed by atoms with Gasteiger partial charge in [0.05, 0.1) is 36.6 Å². The molecule has 1 aromatic heterocycles. The molecular formula is C38H49N5O10S2. The summed E-state index contributed by atoms with van der Waals surface area (Å²) in [6.45, 7) is 12.1. The smallest absolute Gasteiger partial charge is 0.415 e. The molecule has 0 spiro atoms. The Morgan fingerprint density at radius 1 is 0.964 bits per heavy atom. The lowest BCUT2D eigenvalue weighted by Gasteiger charge is -2.33. The van der Waals surface area contributed by atoms with Crippen molar-refractivity contribution in [3.63, 3.8) is 0 Å². The first-order chi connectivity index (χ1) is 26.0. The van der Waals surface area contributed by atoms with Crippen LogP contribution in [0.2, 0.25) is 0 Å². The van der Waals surface area contributed by atoms with Crippen molar-refractivity contribution < 1.29 is 48.1 Å². The molecule has 0 radical (unpaired) electrons. The summed E-state index contributed by atoms with van der Waals surface area (Å²) in [7, 11) is 1.61. The van der Waals surface area contributed by atoms with Crippen LogP contribution in [0.5, 0.6) is 5.75 Å². The van der Waals surface area contributed by atoms with Gasteiger partial charge in [-0.2, -0.15) is 0 Å². The van der Waals surface area contributed by atoms with Crippen LogP contribution in [0, 0.1) is 5.41 Å². The molecule has 2 aliphatic rings. The molecule has 0 saturated carbocycles. The van der Waals surface area contributed by atoms with E-state index >= 15 is 0 Å². The molecular weight excluding hydrogens is 751 g/mol. The van der Waals surface area contributed by atoms with E-state index in [1.807, 2.05) is 6.92 Å². The highest BCUT2D eigenvalue weighted by atomic mass is 32.2. The van der Waals surface area contributed by atoms with Crippen LogP contribution < -0.4 is 10.1 Å². The molecule has 1 aliphatic heterocycles. The average molecular weight is 800 g/mol. The van der Waals surface area contributed by atoms with Crippen molar-refractivity contribution in [1.82, 2.24) is 20.1 Å². The van der Waals surface area contributed by atoms with E-state index in [9.17, 15) is 33.9 Å². The first-order valence-electron chi connectivity index (χ1n) is 18.0. The lowest BCUT2D eigenvalue weighted by molar-refractivity contribution is -0.138. The molecule has 3 amide bonds. The number of allylic oxidation sites excluding steroid dienone is 4. The number of carbonyl (C=O) groups excluding carboxylic acids is 5. The number of aromatic nitrogens is 1. The number of rotatable bonds is 19. The van der Waals surface area contributed by atoms with Gasteiger partial charge in [0.25, 0.3) is 0 Å². The van der Waals surface area contributed by atoms with Crippen molar-refractivity contribution >= 4 is 73.8 Å². The summed E-state index contributed by atoms with van der Waals surface area (Å²) >= 11 is 2.65. The number of thioether (sulfide) groups is 1. The van der Waals surface area contributed by atoms with Crippen molar-refractivity contribution in [2.45, 2.75) is 60.4 Å². The summed E-state index contributed by atoms with van der Waals surface area (Å²) in [5.41, 5.74) is 1.20. The molecule has 1 atom stereocenters. The van der Waals surface area contributed by atoms with E-state index < -0.39 is 23.5 Å². The minimum atomic E-state index is -0.988. The number of carboxylic acids is 1. The molecule has 2 N–H and O–H groups in total. The summed E-state index contributed by atoms with van der Waals surface area (Å²) in [6, 6.07) is 4.19. The lowest BCUT2D eigenvalue weighted by Crippen LogP contribution is -2.43. The third-order valence-corrected chi connectivity index (χ3v) is 11.5. The van der Waals surface area contributed by atoms with Gasteiger partial charge < -0.3 is 34.4 Å². The van der Waals surface area contributed by atoms with Crippen LogP contribution in [0.4, 0.5) is 4.79 Å². The SMILES string of the molecule is CCNC(=O)CCOCCOCCN(CCN(C)C(=O)CC(C)(C)C1=C(C)C(=O)C(C)=C(C)C1=O)C(=O)Oc1ccc2nc(C3=NC(C(=O)O)CS3)sc2c1. The number of amides is 3. The maximum atomic E-state index is 13.6. The Bertz CT molecular complexity index is 1920. The summed E-state index contributed by atoms with van der Waals surface area (Å²) < 4.78 is 17.7. The number of nitrogens with zero attached hydrogens (tertiary/aromatic N) is 4. The zero-order valence-corrected chi connectivity index (χ0v) is 33.9. The van der Waals surface area contributed by atoms with Crippen LogP contribution in [-0.4, -0.2) is 132 Å². The summed E-state index contributed by atoms with van der Waals surface area (Å²) in [5.74, 6) is -1.18. The van der Waals surface area contributed by atoms with Crippen LogP contribution in [0.25, 0.3) is 10.2 Å². The Labute approximate surface area is 328 Å². The number of Topliss-reactive ketones (excluding diaryl/α,β-unsaturated/α-hetero) is 2. The number of benzene rings is 1. The third-order valence-electron chi connectivity index (χ3n) is 9.25. The van der Waals surface area contributed by atoms with Gasteiger partial charge in [0, 0.05) is 85.6 Å². The second-order valence-corrected chi connectivity index (χ2v) is 15.9. The third kappa shape index (κ3) is 11.3. The molecule has 17 heteroatoms. The Morgan fingerprint density at radius 3 is 2.33 bits per heavy atom. The van der Waals surface area contributed by atoms with Crippen LogP contribution >= 0.6 is 23.1 Å². The van der Waals surface area contributed by atoms with Gasteiger partial charge in [0.2, 0.25) is 11.8 Å². The second kappa shape index (κ2) is 19.4. The highest BCUT2D eigenvalue weighted by Crippen LogP contribution is 2.39. The van der Waals surface area contributed by atoms with Crippen LogP contribution in [0.3, 0.4) is 0 Å². The van der Waals surface area contributed by atoms with Gasteiger partial charge in [-0.25, -0.2) is 14.6 Å². The summed E-state index contributed by atoms with van der Waals surface area (Å²) in [4.78, 5) is 87.8. The quantitative estimate of drug-likeness (QED) is 0.152. The number of hydrogen-bond acceptors (Lipinski definition) is 13. The predicted molar refractivity (Wildman–Crippen MR) is 210 cm³/mol. The monoisotopic (exact) mass is 799 g/mol. The fraction of sp³-hybridized carbons (Fsp3) is 0.526. The number of nitrogens with one attached hydrogen (secondary N) is 1. The van der Waals surface area contributed by atoms with Crippen molar-refractivity contribution in [3.05, 3.63) is 45.5 Å². The lowest BCUT2D eigenvalue weighted by atomic mass is 9.71. The van der Waals surface area contributed by atoms with Gasteiger partial charge in [-0.15, -0.1) is 23.1 Å². The Balaban J connectivity index is 1.40. The molecule has 2 heterocycles. The first kappa shape index (κ1) is 43.3. The maximum absolute atomic E-state index is 13.6. The highest BCUT2D eigenvalue weighted by Gasteiger charge is 2.39. The average Bonchev–Trinajstić information content (AvgIpc) is 3.80. The predicted octanol–water partition coefficient (Wildman–Crippen LogP) is 4.28. The Morgan fingerprint density at radius 2 is 1.65 bits per heavy atom. The molecule has 0 bridgehead atoms. The number of ether oxygens (including phenoxy) is 3. The molecule has 55 heavy (non-hydrogen) atoms. The van der Waals surface area contributed by atoms with Crippen molar-refractivity contribution in [3.8, 4) is 5.75 Å². The highest BCUT2D eigenvalue weighted by molar-refractivity contribution is 8.15.